The van der Waals surface area contributed by atoms with Crippen LogP contribution in [0, 0.1) is 5.92 Å². The number of nitrogens with zero attached hydrogens (tertiary/aromatic N) is 2. The van der Waals surface area contributed by atoms with E-state index in [2.05, 4.69) is 13.8 Å². The molecular weight excluding hydrogens is 344 g/mol. The number of carbonyl (C=O) groups is 2. The second-order valence-corrected chi connectivity index (χ2v) is 8.01. The minimum atomic E-state index is -0.270. The lowest BCUT2D eigenvalue weighted by Crippen LogP contribution is -2.47. The van der Waals surface area contributed by atoms with Gasteiger partial charge in [-0.3, -0.25) is 9.59 Å². The topological polar surface area (TPSA) is 59.1 Å². The first-order valence-corrected chi connectivity index (χ1v) is 10.1. The van der Waals surface area contributed by atoms with Crippen LogP contribution in [0.25, 0.3) is 0 Å². The molecule has 0 radical (unpaired) electrons. The molecule has 6 nitrogen and oxygen atoms in total. The molecule has 1 aromatic rings. The molecule has 1 aliphatic carbocycles. The number of hydrogen-bond donors (Lipinski definition) is 0. The fourth-order valence-electron chi connectivity index (χ4n) is 4.57. The van der Waals surface area contributed by atoms with Crippen molar-refractivity contribution >= 4 is 17.5 Å². The Balaban J connectivity index is 1.50. The third kappa shape index (κ3) is 3.49. The van der Waals surface area contributed by atoms with E-state index < -0.39 is 0 Å². The molecule has 2 amide bonds. The molecule has 2 aliphatic heterocycles. The van der Waals surface area contributed by atoms with Crippen LogP contribution in [0.1, 0.15) is 46.0 Å². The number of amides is 2. The van der Waals surface area contributed by atoms with Crippen LogP contribution in [0.15, 0.2) is 18.2 Å². The van der Waals surface area contributed by atoms with E-state index in [1.807, 2.05) is 23.1 Å². The van der Waals surface area contributed by atoms with E-state index in [-0.39, 0.29) is 30.2 Å². The lowest BCUT2D eigenvalue weighted by molar-refractivity contribution is -0.140. The summed E-state index contributed by atoms with van der Waals surface area (Å²) in [6.45, 7) is 5.64. The Bertz CT molecular complexity index is 727. The minimum Gasteiger partial charge on any atom is -0.486 e. The Kier molecular flexibility index (Phi) is 4.98. The van der Waals surface area contributed by atoms with Crippen molar-refractivity contribution in [2.45, 2.75) is 58.0 Å². The molecule has 0 aromatic heterocycles. The fraction of sp³-hybridized carbons (Fsp3) is 0.619. The van der Waals surface area contributed by atoms with Crippen LogP contribution >= 0.6 is 0 Å². The van der Waals surface area contributed by atoms with Crippen molar-refractivity contribution in [3.8, 4) is 11.5 Å². The maximum absolute atomic E-state index is 13.2. The molecule has 2 heterocycles. The molecule has 27 heavy (non-hydrogen) atoms. The molecule has 4 rings (SSSR count). The van der Waals surface area contributed by atoms with Crippen LogP contribution in [0.4, 0.5) is 5.69 Å². The average Bonchev–Trinajstić information content (AvgIpc) is 3.31. The van der Waals surface area contributed by atoms with Crippen molar-refractivity contribution in [1.82, 2.24) is 4.90 Å². The molecule has 6 heteroatoms. The highest BCUT2D eigenvalue weighted by Gasteiger charge is 2.40. The van der Waals surface area contributed by atoms with Gasteiger partial charge < -0.3 is 19.3 Å². The highest BCUT2D eigenvalue weighted by Crippen LogP contribution is 2.37. The fourth-order valence-corrected chi connectivity index (χ4v) is 4.57. The summed E-state index contributed by atoms with van der Waals surface area (Å²) in [7, 11) is 0. The number of anilines is 1. The Morgan fingerprint density at radius 2 is 1.85 bits per heavy atom. The summed E-state index contributed by atoms with van der Waals surface area (Å²) >= 11 is 0. The lowest BCUT2D eigenvalue weighted by atomic mass is 10.0. The molecule has 1 aromatic carbocycles. The first-order chi connectivity index (χ1) is 13.0. The van der Waals surface area contributed by atoms with Crippen molar-refractivity contribution in [2.75, 3.05) is 24.7 Å². The molecule has 146 valence electrons. The lowest BCUT2D eigenvalue weighted by Gasteiger charge is -2.34. The Morgan fingerprint density at radius 3 is 2.56 bits per heavy atom. The summed E-state index contributed by atoms with van der Waals surface area (Å²) < 4.78 is 11.2. The van der Waals surface area contributed by atoms with E-state index in [0.717, 1.165) is 18.5 Å². The maximum atomic E-state index is 13.2. The summed E-state index contributed by atoms with van der Waals surface area (Å²) in [6.07, 6.45) is 4.82. The molecule has 1 unspecified atom stereocenters. The molecule has 1 saturated carbocycles. The Hall–Kier alpha value is -2.24. The van der Waals surface area contributed by atoms with E-state index in [1.54, 1.807) is 4.90 Å². The van der Waals surface area contributed by atoms with Gasteiger partial charge in [-0.25, -0.2) is 0 Å². The van der Waals surface area contributed by atoms with Gasteiger partial charge in [0.15, 0.2) is 11.5 Å². The molecule has 1 saturated heterocycles. The summed E-state index contributed by atoms with van der Waals surface area (Å²) in [4.78, 5) is 29.6. The SMILES string of the molecule is CC(C)N(C(=O)C1CC(=O)N(c2ccc3c(c2)OCCO3)C1)C1CCCC1. The third-order valence-electron chi connectivity index (χ3n) is 5.84. The Labute approximate surface area is 160 Å². The van der Waals surface area contributed by atoms with Crippen LogP contribution in [-0.2, 0) is 9.59 Å². The predicted molar refractivity (Wildman–Crippen MR) is 102 cm³/mol. The van der Waals surface area contributed by atoms with E-state index in [0.29, 0.717) is 37.3 Å². The highest BCUT2D eigenvalue weighted by atomic mass is 16.6. The van der Waals surface area contributed by atoms with E-state index in [9.17, 15) is 9.59 Å². The number of fused-ring (bicyclic) bond motifs is 1. The van der Waals surface area contributed by atoms with Gasteiger partial charge in [0.25, 0.3) is 0 Å². The minimum absolute atomic E-state index is 0.000144. The van der Waals surface area contributed by atoms with Crippen molar-refractivity contribution in [1.29, 1.82) is 0 Å². The van der Waals surface area contributed by atoms with Gasteiger partial charge in [-0.15, -0.1) is 0 Å². The zero-order valence-corrected chi connectivity index (χ0v) is 16.1. The van der Waals surface area contributed by atoms with Crippen molar-refractivity contribution in [3.05, 3.63) is 18.2 Å². The van der Waals surface area contributed by atoms with Gasteiger partial charge in [0.2, 0.25) is 11.8 Å². The molecule has 1 atom stereocenters. The maximum Gasteiger partial charge on any atom is 0.228 e. The third-order valence-corrected chi connectivity index (χ3v) is 5.84. The largest absolute Gasteiger partial charge is 0.486 e. The number of rotatable bonds is 4. The van der Waals surface area contributed by atoms with E-state index in [4.69, 9.17) is 9.47 Å². The second kappa shape index (κ2) is 7.41. The molecule has 3 aliphatic rings. The van der Waals surface area contributed by atoms with Crippen molar-refractivity contribution < 1.29 is 19.1 Å². The van der Waals surface area contributed by atoms with Crippen LogP contribution < -0.4 is 14.4 Å². The van der Waals surface area contributed by atoms with Gasteiger partial charge in [-0.2, -0.15) is 0 Å². The van der Waals surface area contributed by atoms with Gasteiger partial charge in [-0.05, 0) is 38.8 Å². The van der Waals surface area contributed by atoms with Crippen LogP contribution in [0.3, 0.4) is 0 Å². The monoisotopic (exact) mass is 372 g/mol. The number of carbonyl (C=O) groups excluding carboxylic acids is 2. The molecular formula is C21H28N2O4. The second-order valence-electron chi connectivity index (χ2n) is 8.01. The molecule has 0 bridgehead atoms. The highest BCUT2D eigenvalue weighted by molar-refractivity contribution is 6.00. The number of benzene rings is 1. The van der Waals surface area contributed by atoms with Gasteiger partial charge in [0, 0.05) is 36.8 Å². The van der Waals surface area contributed by atoms with Gasteiger partial charge in [0.05, 0.1) is 5.92 Å². The smallest absolute Gasteiger partial charge is 0.228 e. The quantitative estimate of drug-likeness (QED) is 0.815. The molecule has 0 N–H and O–H groups in total. The van der Waals surface area contributed by atoms with Gasteiger partial charge in [0.1, 0.15) is 13.2 Å². The first kappa shape index (κ1) is 18.1. The summed E-state index contributed by atoms with van der Waals surface area (Å²) in [5, 5.41) is 0. The zero-order valence-electron chi connectivity index (χ0n) is 16.1. The summed E-state index contributed by atoms with van der Waals surface area (Å²) in [6, 6.07) is 6.05. The van der Waals surface area contributed by atoms with E-state index in [1.165, 1.54) is 12.8 Å². The van der Waals surface area contributed by atoms with Gasteiger partial charge in [-0.1, -0.05) is 12.8 Å². The Morgan fingerprint density at radius 1 is 1.15 bits per heavy atom. The van der Waals surface area contributed by atoms with Crippen LogP contribution in [-0.4, -0.2) is 48.6 Å². The predicted octanol–water partition coefficient (Wildman–Crippen LogP) is 2.99. The van der Waals surface area contributed by atoms with Crippen molar-refractivity contribution in [3.63, 3.8) is 0 Å². The summed E-state index contributed by atoms with van der Waals surface area (Å²) in [5.41, 5.74) is 0.775. The van der Waals surface area contributed by atoms with Gasteiger partial charge >= 0.3 is 0 Å². The number of hydrogen-bond acceptors (Lipinski definition) is 4. The molecule has 0 spiro atoms. The zero-order chi connectivity index (χ0) is 19.0. The van der Waals surface area contributed by atoms with Crippen LogP contribution in [0.5, 0.6) is 11.5 Å². The normalized spacial score (nSPS) is 22.6. The first-order valence-electron chi connectivity index (χ1n) is 10.1. The van der Waals surface area contributed by atoms with E-state index >= 15 is 0 Å². The standard InChI is InChI=1S/C21H28N2O4/c1-14(2)23(16-5-3-4-6-16)21(25)15-11-20(24)22(13-15)17-7-8-18-19(12-17)27-10-9-26-18/h7-8,12,14-16H,3-6,9-11,13H2,1-2H3. The molecule has 2 fully saturated rings. The summed E-state index contributed by atoms with van der Waals surface area (Å²) in [5.74, 6) is 1.23. The van der Waals surface area contributed by atoms with Crippen LogP contribution in [0.2, 0.25) is 0 Å². The van der Waals surface area contributed by atoms with Crippen molar-refractivity contribution in [2.24, 2.45) is 5.92 Å². The average molecular weight is 372 g/mol. The number of ether oxygens (including phenoxy) is 2.